The monoisotopic (exact) mass is 414 g/mol. The van der Waals surface area contributed by atoms with Gasteiger partial charge in [-0.2, -0.15) is 0 Å². The molecule has 3 N–H and O–H groups in total. The molecule has 1 unspecified atom stereocenters. The van der Waals surface area contributed by atoms with Gasteiger partial charge in [-0.25, -0.2) is 9.97 Å². The summed E-state index contributed by atoms with van der Waals surface area (Å²) < 4.78 is 0. The average Bonchev–Trinajstić information content (AvgIpc) is 3.29. The highest BCUT2D eigenvalue weighted by atomic mass is 16.1. The Morgan fingerprint density at radius 2 is 1.90 bits per heavy atom. The third-order valence-electron chi connectivity index (χ3n) is 5.63. The molecule has 4 rings (SSSR count). The Morgan fingerprint density at radius 3 is 2.65 bits per heavy atom. The van der Waals surface area contributed by atoms with E-state index in [4.69, 9.17) is 11.1 Å². The highest BCUT2D eigenvalue weighted by Gasteiger charge is 2.25. The lowest BCUT2D eigenvalue weighted by Crippen LogP contribution is -2.21. The minimum absolute atomic E-state index is 0.0127. The number of aryl methyl sites for hydroxylation is 1. The molecule has 7 heteroatoms. The first kappa shape index (κ1) is 20.7. The number of nitrogens with one attached hydrogen (secondary N) is 1. The molecule has 1 saturated heterocycles. The van der Waals surface area contributed by atoms with Gasteiger partial charge in [0.2, 0.25) is 5.95 Å². The van der Waals surface area contributed by atoms with E-state index >= 15 is 0 Å². The number of hydrogen-bond donors (Lipinski definition) is 2. The van der Waals surface area contributed by atoms with Gasteiger partial charge in [-0.3, -0.25) is 15.2 Å². The number of Topliss-reactive ketones (excluding diaryl/α,β-unsaturated/α-hetero) is 1. The number of pyridine rings is 1. The number of anilines is 1. The van der Waals surface area contributed by atoms with E-state index < -0.39 is 0 Å². The Bertz CT molecular complexity index is 1050. The van der Waals surface area contributed by atoms with Gasteiger partial charge in [0.25, 0.3) is 0 Å². The lowest BCUT2D eigenvalue weighted by molar-refractivity contribution is -0.117. The van der Waals surface area contributed by atoms with Crippen LogP contribution in [0.1, 0.15) is 36.3 Å². The maximum Gasteiger partial charge on any atom is 0.225 e. The van der Waals surface area contributed by atoms with Gasteiger partial charge >= 0.3 is 0 Å². The molecule has 1 fully saturated rings. The second-order valence-corrected chi connectivity index (χ2v) is 7.92. The van der Waals surface area contributed by atoms with E-state index in [1.54, 1.807) is 0 Å². The Hall–Kier alpha value is -3.61. The molecule has 1 atom stereocenters. The Kier molecular flexibility index (Phi) is 6.31. The van der Waals surface area contributed by atoms with Gasteiger partial charge < -0.3 is 10.6 Å². The molecule has 0 bridgehead atoms. The minimum Gasteiger partial charge on any atom is -0.387 e. The Morgan fingerprint density at radius 1 is 1.13 bits per heavy atom. The van der Waals surface area contributed by atoms with Crippen LogP contribution in [-0.4, -0.2) is 39.7 Å². The number of amidine groups is 1. The van der Waals surface area contributed by atoms with Crippen LogP contribution < -0.4 is 10.6 Å². The molecule has 0 aliphatic carbocycles. The van der Waals surface area contributed by atoms with E-state index in [1.165, 1.54) is 5.56 Å². The molecular formula is C24H26N6O. The molecule has 31 heavy (non-hydrogen) atoms. The fourth-order valence-electron chi connectivity index (χ4n) is 3.97. The van der Waals surface area contributed by atoms with Crippen molar-refractivity contribution >= 4 is 17.6 Å². The molecule has 0 saturated carbocycles. The van der Waals surface area contributed by atoms with Gasteiger partial charge in [-0.15, -0.1) is 0 Å². The summed E-state index contributed by atoms with van der Waals surface area (Å²) in [6.45, 7) is 1.85. The summed E-state index contributed by atoms with van der Waals surface area (Å²) in [6.07, 6.45) is 9.53. The molecule has 0 radical (unpaired) electrons. The maximum absolute atomic E-state index is 11.8. The van der Waals surface area contributed by atoms with E-state index in [0.29, 0.717) is 18.8 Å². The van der Waals surface area contributed by atoms with Crippen LogP contribution in [-0.2, 0) is 11.2 Å². The highest BCUT2D eigenvalue weighted by Crippen LogP contribution is 2.29. The van der Waals surface area contributed by atoms with Crippen molar-refractivity contribution in [3.05, 3.63) is 72.3 Å². The van der Waals surface area contributed by atoms with Crippen molar-refractivity contribution in [3.8, 4) is 11.1 Å². The first-order valence-corrected chi connectivity index (χ1v) is 10.5. The van der Waals surface area contributed by atoms with E-state index in [0.717, 1.165) is 42.1 Å². The highest BCUT2D eigenvalue weighted by molar-refractivity contribution is 5.98. The van der Waals surface area contributed by atoms with Gasteiger partial charge in [-0.1, -0.05) is 24.3 Å². The van der Waals surface area contributed by atoms with Crippen LogP contribution in [0.2, 0.25) is 0 Å². The predicted molar refractivity (Wildman–Crippen MR) is 121 cm³/mol. The molecule has 0 amide bonds. The Balaban J connectivity index is 1.39. The molecule has 0 spiro atoms. The lowest BCUT2D eigenvalue weighted by atomic mass is 10.00. The number of nitrogens with zero attached hydrogens (tertiary/aromatic N) is 4. The van der Waals surface area contributed by atoms with Gasteiger partial charge in [0.05, 0.1) is 12.3 Å². The summed E-state index contributed by atoms with van der Waals surface area (Å²) in [5.74, 6) is 1.14. The second-order valence-electron chi connectivity index (χ2n) is 7.92. The number of ketones is 1. The summed E-state index contributed by atoms with van der Waals surface area (Å²) in [5, 5.41) is 7.23. The van der Waals surface area contributed by atoms with E-state index in [-0.39, 0.29) is 18.0 Å². The molecule has 1 aromatic carbocycles. The Labute approximate surface area is 181 Å². The predicted octanol–water partition coefficient (Wildman–Crippen LogP) is 3.36. The minimum atomic E-state index is -0.0823. The van der Waals surface area contributed by atoms with Gasteiger partial charge in [0.15, 0.2) is 0 Å². The normalized spacial score (nSPS) is 15.7. The number of benzene rings is 1. The zero-order valence-electron chi connectivity index (χ0n) is 17.4. The number of carbonyl (C=O) groups is 1. The first-order chi connectivity index (χ1) is 15.1. The van der Waals surface area contributed by atoms with Crippen LogP contribution in [0.4, 0.5) is 5.95 Å². The van der Waals surface area contributed by atoms with Crippen molar-refractivity contribution in [2.75, 3.05) is 18.0 Å². The zero-order valence-corrected chi connectivity index (χ0v) is 17.4. The molecule has 7 nitrogen and oxygen atoms in total. The van der Waals surface area contributed by atoms with Crippen molar-refractivity contribution in [2.24, 2.45) is 5.73 Å². The van der Waals surface area contributed by atoms with Crippen LogP contribution in [0, 0.1) is 5.41 Å². The van der Waals surface area contributed by atoms with Crippen LogP contribution in [0.25, 0.3) is 11.1 Å². The van der Waals surface area contributed by atoms with Crippen molar-refractivity contribution in [1.82, 2.24) is 15.0 Å². The quantitative estimate of drug-likeness (QED) is 0.432. The second kappa shape index (κ2) is 9.47. The molecule has 1 aliphatic heterocycles. The average molecular weight is 415 g/mol. The standard InChI is InChI=1S/C24H26N6O/c25-23(26)13-22(31)5-4-17-2-1-3-19(12-17)21-14-28-24(29-15-21)30-11-8-20(16-30)18-6-9-27-10-7-18/h1-3,6-7,9-10,12,14-15,20H,4-5,8,11,13,16H2,(H3,25,26). The topological polar surface area (TPSA) is 109 Å². The van der Waals surface area contributed by atoms with Crippen LogP contribution in [0.5, 0.6) is 0 Å². The van der Waals surface area contributed by atoms with E-state index in [9.17, 15) is 4.79 Å². The smallest absolute Gasteiger partial charge is 0.225 e. The number of rotatable bonds is 8. The summed E-state index contributed by atoms with van der Waals surface area (Å²) in [6, 6.07) is 12.2. The molecule has 2 aromatic heterocycles. The molecule has 3 heterocycles. The number of carbonyl (C=O) groups excluding carboxylic acids is 1. The van der Waals surface area contributed by atoms with E-state index in [2.05, 4.69) is 38.1 Å². The van der Waals surface area contributed by atoms with Gasteiger partial charge in [0.1, 0.15) is 5.78 Å². The van der Waals surface area contributed by atoms with Crippen LogP contribution >= 0.6 is 0 Å². The summed E-state index contributed by atoms with van der Waals surface area (Å²) in [5.41, 5.74) is 9.66. The van der Waals surface area contributed by atoms with E-state index in [1.807, 2.05) is 43.0 Å². The SMILES string of the molecule is N=C(N)CC(=O)CCc1cccc(-c2cnc(N3CCC(c4ccncc4)C3)nc2)c1. The first-order valence-electron chi connectivity index (χ1n) is 10.5. The van der Waals surface area contributed by atoms with Crippen LogP contribution in [0.3, 0.4) is 0 Å². The third kappa shape index (κ3) is 5.31. The van der Waals surface area contributed by atoms with Crippen LogP contribution in [0.15, 0.2) is 61.2 Å². The van der Waals surface area contributed by atoms with Crippen molar-refractivity contribution in [2.45, 2.75) is 31.6 Å². The molecular weight excluding hydrogens is 388 g/mol. The fraction of sp³-hybridized carbons (Fsp3) is 0.292. The maximum atomic E-state index is 11.8. The number of aromatic nitrogens is 3. The molecule has 3 aromatic rings. The summed E-state index contributed by atoms with van der Waals surface area (Å²) in [7, 11) is 0. The van der Waals surface area contributed by atoms with Crippen molar-refractivity contribution < 1.29 is 4.79 Å². The fourth-order valence-corrected chi connectivity index (χ4v) is 3.97. The van der Waals surface area contributed by atoms with Crippen molar-refractivity contribution in [3.63, 3.8) is 0 Å². The zero-order chi connectivity index (χ0) is 21.6. The molecule has 158 valence electrons. The van der Waals surface area contributed by atoms with Crippen molar-refractivity contribution in [1.29, 1.82) is 5.41 Å². The number of nitrogens with two attached hydrogens (primary N) is 1. The summed E-state index contributed by atoms with van der Waals surface area (Å²) >= 11 is 0. The summed E-state index contributed by atoms with van der Waals surface area (Å²) in [4.78, 5) is 27.4. The number of hydrogen-bond acceptors (Lipinski definition) is 6. The third-order valence-corrected chi connectivity index (χ3v) is 5.63. The molecule has 1 aliphatic rings. The van der Waals surface area contributed by atoms with Gasteiger partial charge in [0, 0.05) is 55.8 Å². The lowest BCUT2D eigenvalue weighted by Gasteiger charge is -2.16. The largest absolute Gasteiger partial charge is 0.387 e. The van der Waals surface area contributed by atoms with Gasteiger partial charge in [-0.05, 0) is 41.7 Å².